The number of alkyl halides is 2. The molecule has 2 heterocycles. The van der Waals surface area contributed by atoms with Crippen molar-refractivity contribution in [2.45, 2.75) is 18.1 Å². The zero-order chi connectivity index (χ0) is 25.1. The van der Waals surface area contributed by atoms with Crippen LogP contribution in [0.15, 0.2) is 79.5 Å². The Morgan fingerprint density at radius 2 is 1.66 bits per heavy atom. The molecule has 1 N–H and O–H groups in total. The number of hydrogen-bond acceptors (Lipinski definition) is 6. The highest BCUT2D eigenvalue weighted by Crippen LogP contribution is 2.49. The molecule has 0 bridgehead atoms. The molecule has 0 radical (unpaired) electrons. The van der Waals surface area contributed by atoms with Crippen molar-refractivity contribution in [3.8, 4) is 11.8 Å². The summed E-state index contributed by atoms with van der Waals surface area (Å²) in [7, 11) is 0. The average Bonchev–Trinajstić information content (AvgIpc) is 2.88. The Morgan fingerprint density at radius 3 is 2.26 bits per heavy atom. The average molecular weight is 480 g/mol. The predicted molar refractivity (Wildman–Crippen MR) is 115 cm³/mol. The zero-order valence-electron chi connectivity index (χ0n) is 17.9. The van der Waals surface area contributed by atoms with Crippen molar-refractivity contribution >= 4 is 0 Å². The maximum atomic E-state index is 15.8. The monoisotopic (exact) mass is 480 g/mol. The molecule has 6 nitrogen and oxygen atoms in total. The van der Waals surface area contributed by atoms with E-state index in [1.165, 1.54) is 6.07 Å². The van der Waals surface area contributed by atoms with Gasteiger partial charge in [0.15, 0.2) is 5.60 Å². The lowest BCUT2D eigenvalue weighted by Crippen LogP contribution is -2.45. The van der Waals surface area contributed by atoms with E-state index in [-0.39, 0.29) is 12.4 Å². The molecule has 0 aliphatic heterocycles. The van der Waals surface area contributed by atoms with E-state index in [0.717, 1.165) is 48.7 Å². The molecule has 4 aromatic rings. The second-order valence-electron chi connectivity index (χ2n) is 7.51. The van der Waals surface area contributed by atoms with Crippen LogP contribution in [0.5, 0.6) is 5.75 Å². The number of rotatable bonds is 7. The fourth-order valence-corrected chi connectivity index (χ4v) is 3.45. The molecule has 2 aromatic heterocycles. The van der Waals surface area contributed by atoms with Crippen LogP contribution in [0.2, 0.25) is 0 Å². The summed E-state index contributed by atoms with van der Waals surface area (Å²) in [5, 5.41) is 20.1. The van der Waals surface area contributed by atoms with Crippen molar-refractivity contribution in [1.29, 1.82) is 5.26 Å². The van der Waals surface area contributed by atoms with Gasteiger partial charge in [-0.05, 0) is 42.0 Å². The Balaban J connectivity index is 1.66. The van der Waals surface area contributed by atoms with Crippen LogP contribution in [0.1, 0.15) is 27.9 Å². The Hall–Kier alpha value is -4.36. The Kier molecular flexibility index (Phi) is 6.44. The van der Waals surface area contributed by atoms with Crippen LogP contribution >= 0.6 is 0 Å². The lowest BCUT2D eigenvalue weighted by molar-refractivity contribution is -0.175. The maximum absolute atomic E-state index is 15.8. The Morgan fingerprint density at radius 1 is 0.943 bits per heavy atom. The van der Waals surface area contributed by atoms with Crippen molar-refractivity contribution in [1.82, 2.24) is 15.0 Å². The van der Waals surface area contributed by atoms with E-state index >= 15 is 8.78 Å². The number of aromatic nitrogens is 3. The molecule has 0 aliphatic carbocycles. The minimum absolute atomic E-state index is 0.0925. The summed E-state index contributed by atoms with van der Waals surface area (Å²) in [6.45, 7) is 0.0925. The normalized spacial score (nSPS) is 13.0. The number of benzene rings is 2. The molecule has 35 heavy (non-hydrogen) atoms. The van der Waals surface area contributed by atoms with Crippen LogP contribution in [-0.2, 0) is 18.1 Å². The summed E-state index contributed by atoms with van der Waals surface area (Å²) in [6.07, 6.45) is 3.93. The molecule has 2 aromatic carbocycles. The fourth-order valence-electron chi connectivity index (χ4n) is 3.45. The van der Waals surface area contributed by atoms with Gasteiger partial charge in [0.1, 0.15) is 36.0 Å². The topological polar surface area (TPSA) is 91.9 Å². The standard InChI is InChI=1S/C25H16F4N4O2/c26-19-5-7-21(22(27)9-19)24(34,18-11-31-15-32-12-18)25(28,29)23-8-6-20(13-33-23)35-14-17-3-1-16(10-30)2-4-17/h1-9,11-13,15,34H,14H2. The molecular formula is C25H16F4N4O2. The fraction of sp³-hybridized carbons (Fsp3) is 0.120. The number of pyridine rings is 1. The third-order valence-corrected chi connectivity index (χ3v) is 5.30. The first kappa shape index (κ1) is 23.8. The van der Waals surface area contributed by atoms with E-state index < -0.39 is 40.0 Å². The van der Waals surface area contributed by atoms with Gasteiger partial charge in [-0.1, -0.05) is 12.1 Å². The summed E-state index contributed by atoms with van der Waals surface area (Å²) in [6, 6.07) is 12.7. The summed E-state index contributed by atoms with van der Waals surface area (Å²) < 4.78 is 65.3. The summed E-state index contributed by atoms with van der Waals surface area (Å²) >= 11 is 0. The minimum atomic E-state index is -4.19. The third kappa shape index (κ3) is 4.54. The zero-order valence-corrected chi connectivity index (χ0v) is 17.9. The lowest BCUT2D eigenvalue weighted by Gasteiger charge is -2.36. The van der Waals surface area contributed by atoms with Gasteiger partial charge in [0.05, 0.1) is 17.8 Å². The Labute approximate surface area is 197 Å². The smallest absolute Gasteiger partial charge is 0.326 e. The summed E-state index contributed by atoms with van der Waals surface area (Å²) in [4.78, 5) is 11.0. The highest BCUT2D eigenvalue weighted by molar-refractivity contribution is 5.41. The van der Waals surface area contributed by atoms with Crippen LogP contribution in [0.3, 0.4) is 0 Å². The van der Waals surface area contributed by atoms with Gasteiger partial charge in [0, 0.05) is 29.6 Å². The number of hydrogen-bond donors (Lipinski definition) is 1. The molecule has 1 unspecified atom stereocenters. The highest BCUT2D eigenvalue weighted by atomic mass is 19.3. The van der Waals surface area contributed by atoms with E-state index in [1.807, 2.05) is 6.07 Å². The molecule has 0 amide bonds. The van der Waals surface area contributed by atoms with E-state index in [0.29, 0.717) is 11.6 Å². The Bertz CT molecular complexity index is 1360. The summed E-state index contributed by atoms with van der Waals surface area (Å²) in [5.74, 6) is -6.41. The van der Waals surface area contributed by atoms with Gasteiger partial charge in [-0.3, -0.25) is 4.98 Å². The van der Waals surface area contributed by atoms with E-state index in [1.54, 1.807) is 24.3 Å². The van der Waals surface area contributed by atoms with Crippen molar-refractivity contribution in [2.75, 3.05) is 0 Å². The maximum Gasteiger partial charge on any atom is 0.326 e. The minimum Gasteiger partial charge on any atom is -0.487 e. The molecule has 0 fully saturated rings. The SMILES string of the molecule is N#Cc1ccc(COc2ccc(C(F)(F)C(O)(c3cncnc3)c3ccc(F)cc3F)nc2)cc1. The largest absolute Gasteiger partial charge is 0.487 e. The van der Waals surface area contributed by atoms with Crippen molar-refractivity contribution in [2.24, 2.45) is 0 Å². The molecule has 0 saturated carbocycles. The number of aliphatic hydroxyl groups is 1. The summed E-state index contributed by atoms with van der Waals surface area (Å²) in [5.41, 5.74) is -4.36. The van der Waals surface area contributed by atoms with Gasteiger partial charge >= 0.3 is 5.92 Å². The molecular weight excluding hydrogens is 464 g/mol. The number of halogens is 4. The molecule has 0 saturated heterocycles. The highest BCUT2D eigenvalue weighted by Gasteiger charge is 2.58. The first-order valence-electron chi connectivity index (χ1n) is 10.2. The predicted octanol–water partition coefficient (Wildman–Crippen LogP) is 4.63. The molecule has 1 atom stereocenters. The van der Waals surface area contributed by atoms with Gasteiger partial charge in [0.2, 0.25) is 0 Å². The van der Waals surface area contributed by atoms with Crippen molar-refractivity contribution in [3.63, 3.8) is 0 Å². The van der Waals surface area contributed by atoms with Gasteiger partial charge in [-0.15, -0.1) is 0 Å². The molecule has 10 heteroatoms. The second-order valence-corrected chi connectivity index (χ2v) is 7.51. The third-order valence-electron chi connectivity index (χ3n) is 5.30. The number of nitrogens with zero attached hydrogens (tertiary/aromatic N) is 4. The quantitative estimate of drug-likeness (QED) is 0.388. The second kappa shape index (κ2) is 9.48. The van der Waals surface area contributed by atoms with Gasteiger partial charge in [0.25, 0.3) is 0 Å². The van der Waals surface area contributed by atoms with E-state index in [2.05, 4.69) is 15.0 Å². The van der Waals surface area contributed by atoms with Gasteiger partial charge in [-0.2, -0.15) is 14.0 Å². The molecule has 176 valence electrons. The van der Waals surface area contributed by atoms with Crippen LogP contribution in [0.25, 0.3) is 0 Å². The van der Waals surface area contributed by atoms with Crippen LogP contribution < -0.4 is 4.74 Å². The van der Waals surface area contributed by atoms with E-state index in [4.69, 9.17) is 10.00 Å². The first-order chi connectivity index (χ1) is 16.8. The van der Waals surface area contributed by atoms with Gasteiger partial charge < -0.3 is 9.84 Å². The van der Waals surface area contributed by atoms with Crippen LogP contribution in [0.4, 0.5) is 17.6 Å². The number of nitriles is 1. The molecule has 4 rings (SSSR count). The lowest BCUT2D eigenvalue weighted by atomic mass is 9.80. The van der Waals surface area contributed by atoms with Crippen molar-refractivity contribution in [3.05, 3.63) is 119 Å². The molecule has 0 spiro atoms. The van der Waals surface area contributed by atoms with Gasteiger partial charge in [-0.25, -0.2) is 18.7 Å². The number of ether oxygens (including phenoxy) is 1. The van der Waals surface area contributed by atoms with Crippen LogP contribution in [-0.4, -0.2) is 20.1 Å². The first-order valence-corrected chi connectivity index (χ1v) is 10.2. The van der Waals surface area contributed by atoms with E-state index in [9.17, 15) is 13.9 Å². The van der Waals surface area contributed by atoms with Crippen LogP contribution in [0, 0.1) is 23.0 Å². The van der Waals surface area contributed by atoms with Crippen molar-refractivity contribution < 1.29 is 27.4 Å². The molecule has 0 aliphatic rings.